The summed E-state index contributed by atoms with van der Waals surface area (Å²) >= 11 is 1.06. The minimum absolute atomic E-state index is 0.0115. The lowest BCUT2D eigenvalue weighted by atomic mass is 10.2. The summed E-state index contributed by atoms with van der Waals surface area (Å²) in [5.74, 6) is -0.402. The highest BCUT2D eigenvalue weighted by Crippen LogP contribution is 2.36. The number of amides is 1. The highest BCUT2D eigenvalue weighted by atomic mass is 32.1. The van der Waals surface area contributed by atoms with Gasteiger partial charge in [-0.15, -0.1) is 5.10 Å². The number of halogens is 6. The Bertz CT molecular complexity index is 1020. The van der Waals surface area contributed by atoms with Gasteiger partial charge in [0, 0.05) is 11.8 Å². The third-order valence-corrected chi connectivity index (χ3v) is 4.58. The maximum atomic E-state index is 13.1. The number of benzene rings is 1. The van der Waals surface area contributed by atoms with Crippen molar-refractivity contribution >= 4 is 23.1 Å². The number of hydrogen-bond acceptors (Lipinski definition) is 5. The number of nitrogens with one attached hydrogen (secondary N) is 1. The van der Waals surface area contributed by atoms with E-state index in [0.717, 1.165) is 23.7 Å². The van der Waals surface area contributed by atoms with Gasteiger partial charge in [-0.1, -0.05) is 4.49 Å². The van der Waals surface area contributed by atoms with Crippen LogP contribution >= 0.6 is 11.5 Å². The Labute approximate surface area is 163 Å². The summed E-state index contributed by atoms with van der Waals surface area (Å²) < 4.78 is 81.5. The van der Waals surface area contributed by atoms with Crippen molar-refractivity contribution in [2.75, 3.05) is 5.32 Å². The van der Waals surface area contributed by atoms with Gasteiger partial charge >= 0.3 is 12.4 Å². The number of nitrogens with zero attached hydrogens (tertiary/aromatic N) is 4. The highest BCUT2D eigenvalue weighted by molar-refractivity contribution is 7.05. The van der Waals surface area contributed by atoms with E-state index in [4.69, 9.17) is 0 Å². The molecule has 3 rings (SSSR count). The van der Waals surface area contributed by atoms with Crippen LogP contribution in [0.3, 0.4) is 0 Å². The Morgan fingerprint density at radius 1 is 1.10 bits per heavy atom. The normalized spacial score (nSPS) is 12.2. The molecule has 6 nitrogen and oxygen atoms in total. The first-order chi connectivity index (χ1) is 13.4. The molecule has 0 unspecified atom stereocenters. The van der Waals surface area contributed by atoms with Crippen LogP contribution < -0.4 is 5.32 Å². The largest absolute Gasteiger partial charge is 0.435 e. The quantitative estimate of drug-likeness (QED) is 0.622. The van der Waals surface area contributed by atoms with Crippen molar-refractivity contribution in [3.05, 3.63) is 52.3 Å². The number of hydrogen-bond donors (Lipinski definition) is 1. The van der Waals surface area contributed by atoms with Gasteiger partial charge in [-0.3, -0.25) is 4.79 Å². The van der Waals surface area contributed by atoms with Crippen LogP contribution in [0.15, 0.2) is 30.3 Å². The number of aromatic nitrogens is 4. The predicted molar refractivity (Wildman–Crippen MR) is 90.5 cm³/mol. The van der Waals surface area contributed by atoms with Gasteiger partial charge in [0.2, 0.25) is 5.91 Å². The first-order valence-corrected chi connectivity index (χ1v) is 8.65. The SMILES string of the molecule is Cc1nnsc1CC(=O)Nc1ccc(-n2nc(C(F)(F)F)cc2C(F)(F)F)cc1. The third kappa shape index (κ3) is 4.72. The number of alkyl halides is 6. The molecule has 0 radical (unpaired) electrons. The second-order valence-electron chi connectivity index (χ2n) is 5.88. The summed E-state index contributed by atoms with van der Waals surface area (Å²) in [7, 11) is 0. The molecule has 2 aromatic heterocycles. The van der Waals surface area contributed by atoms with Gasteiger partial charge < -0.3 is 5.32 Å². The van der Waals surface area contributed by atoms with E-state index in [-0.39, 0.29) is 28.5 Å². The number of carbonyl (C=O) groups is 1. The minimum atomic E-state index is -5.04. The fourth-order valence-corrected chi connectivity index (χ4v) is 3.00. The zero-order valence-electron chi connectivity index (χ0n) is 14.5. The second-order valence-corrected chi connectivity index (χ2v) is 6.71. The second kappa shape index (κ2) is 7.46. The Balaban J connectivity index is 1.82. The van der Waals surface area contributed by atoms with Crippen LogP contribution in [0.2, 0.25) is 0 Å². The summed E-state index contributed by atoms with van der Waals surface area (Å²) in [5.41, 5.74) is -2.59. The lowest BCUT2D eigenvalue weighted by Gasteiger charge is -2.11. The van der Waals surface area contributed by atoms with Gasteiger partial charge in [-0.25, -0.2) is 4.68 Å². The Morgan fingerprint density at radius 2 is 1.76 bits per heavy atom. The molecule has 13 heteroatoms. The molecular weight excluding hydrogens is 424 g/mol. The van der Waals surface area contributed by atoms with E-state index < -0.39 is 29.6 Å². The van der Waals surface area contributed by atoms with Gasteiger partial charge in [-0.05, 0) is 42.7 Å². The van der Waals surface area contributed by atoms with Gasteiger partial charge in [0.1, 0.15) is 5.69 Å². The van der Waals surface area contributed by atoms with Crippen LogP contribution in [0.4, 0.5) is 32.0 Å². The molecule has 29 heavy (non-hydrogen) atoms. The molecular formula is C16H11F6N5OS. The average Bonchev–Trinajstić information content (AvgIpc) is 3.22. The smallest absolute Gasteiger partial charge is 0.326 e. The van der Waals surface area contributed by atoms with Crippen molar-refractivity contribution in [3.8, 4) is 5.69 Å². The monoisotopic (exact) mass is 435 g/mol. The fraction of sp³-hybridized carbons (Fsp3) is 0.250. The van der Waals surface area contributed by atoms with Crippen LogP contribution in [0.1, 0.15) is 22.0 Å². The van der Waals surface area contributed by atoms with Crippen LogP contribution in [0.25, 0.3) is 5.69 Å². The summed E-state index contributed by atoms with van der Waals surface area (Å²) in [5, 5.41) is 9.36. The van der Waals surface area contributed by atoms with E-state index >= 15 is 0 Å². The van der Waals surface area contributed by atoms with Gasteiger partial charge in [0.25, 0.3) is 0 Å². The lowest BCUT2D eigenvalue weighted by molar-refractivity contribution is -0.143. The maximum absolute atomic E-state index is 13.1. The zero-order valence-corrected chi connectivity index (χ0v) is 15.3. The number of carbonyl (C=O) groups excluding carboxylic acids is 1. The molecule has 0 aliphatic rings. The zero-order chi connectivity index (χ0) is 21.4. The number of rotatable bonds is 4. The topological polar surface area (TPSA) is 72.7 Å². The van der Waals surface area contributed by atoms with Crippen molar-refractivity contribution in [2.24, 2.45) is 0 Å². The standard InChI is InChI=1S/C16H11F6N5OS/c1-8-11(29-26-24-8)6-14(28)23-9-2-4-10(5-3-9)27-13(16(20,21)22)7-12(25-27)15(17,18)19/h2-5,7H,6H2,1H3,(H,23,28). The third-order valence-electron chi connectivity index (χ3n) is 3.75. The van der Waals surface area contributed by atoms with Crippen molar-refractivity contribution in [1.82, 2.24) is 19.4 Å². The fourth-order valence-electron chi connectivity index (χ4n) is 2.37. The van der Waals surface area contributed by atoms with Crippen molar-refractivity contribution < 1.29 is 31.1 Å². The van der Waals surface area contributed by atoms with E-state index in [1.807, 2.05) is 0 Å². The molecule has 0 saturated heterocycles. The molecule has 0 saturated carbocycles. The van der Waals surface area contributed by atoms with E-state index in [1.165, 1.54) is 12.1 Å². The molecule has 0 spiro atoms. The first-order valence-electron chi connectivity index (χ1n) is 7.87. The number of aryl methyl sites for hydroxylation is 1. The van der Waals surface area contributed by atoms with Crippen LogP contribution in [0, 0.1) is 6.92 Å². The van der Waals surface area contributed by atoms with Gasteiger partial charge in [0.15, 0.2) is 5.69 Å². The minimum Gasteiger partial charge on any atom is -0.326 e. The Hall–Kier alpha value is -2.96. The predicted octanol–water partition coefficient (Wildman–Crippen LogP) is 4.25. The van der Waals surface area contributed by atoms with E-state index in [1.54, 1.807) is 6.92 Å². The van der Waals surface area contributed by atoms with E-state index in [2.05, 4.69) is 20.0 Å². The first kappa shape index (κ1) is 20.8. The molecule has 3 aromatic rings. The summed E-state index contributed by atoms with van der Waals surface area (Å²) in [6, 6.07) is 4.72. The van der Waals surface area contributed by atoms with Crippen LogP contribution in [-0.4, -0.2) is 25.3 Å². The van der Waals surface area contributed by atoms with Crippen LogP contribution in [0.5, 0.6) is 0 Å². The Morgan fingerprint density at radius 3 is 2.28 bits per heavy atom. The lowest BCUT2D eigenvalue weighted by Crippen LogP contribution is -2.15. The van der Waals surface area contributed by atoms with Gasteiger partial charge in [0.05, 0.1) is 22.7 Å². The molecule has 154 valence electrons. The Kier molecular flexibility index (Phi) is 5.34. The molecule has 0 aliphatic heterocycles. The summed E-state index contributed by atoms with van der Waals surface area (Å²) in [4.78, 5) is 12.7. The summed E-state index contributed by atoms with van der Waals surface area (Å²) in [6.07, 6.45) is -10.1. The average molecular weight is 435 g/mol. The summed E-state index contributed by atoms with van der Waals surface area (Å²) in [6.45, 7) is 1.69. The van der Waals surface area contributed by atoms with E-state index in [9.17, 15) is 31.1 Å². The molecule has 1 aromatic carbocycles. The highest BCUT2D eigenvalue weighted by Gasteiger charge is 2.42. The van der Waals surface area contributed by atoms with Crippen molar-refractivity contribution in [2.45, 2.75) is 25.7 Å². The van der Waals surface area contributed by atoms with Crippen molar-refractivity contribution in [1.29, 1.82) is 0 Å². The van der Waals surface area contributed by atoms with E-state index in [0.29, 0.717) is 10.6 Å². The molecule has 2 heterocycles. The maximum Gasteiger partial charge on any atom is 0.435 e. The molecule has 0 bridgehead atoms. The molecule has 1 amide bonds. The molecule has 0 fully saturated rings. The van der Waals surface area contributed by atoms with Crippen LogP contribution in [-0.2, 0) is 23.6 Å². The molecule has 1 N–H and O–H groups in total. The number of anilines is 1. The van der Waals surface area contributed by atoms with Crippen molar-refractivity contribution in [3.63, 3.8) is 0 Å². The molecule has 0 aliphatic carbocycles. The molecule has 0 atom stereocenters. The van der Waals surface area contributed by atoms with Gasteiger partial charge in [-0.2, -0.15) is 31.4 Å².